The Morgan fingerprint density at radius 1 is 0.870 bits per heavy atom. The summed E-state index contributed by atoms with van der Waals surface area (Å²) in [5.74, 6) is -0.518. The first-order valence-electron chi connectivity index (χ1n) is 15.5. The van der Waals surface area contributed by atoms with E-state index in [2.05, 4.69) is 5.32 Å². The minimum atomic E-state index is -4.24. The Balaban J connectivity index is 1.86. The summed E-state index contributed by atoms with van der Waals surface area (Å²) < 4.78 is 35.2. The Labute approximate surface area is 273 Å². The Morgan fingerprint density at radius 3 is 2.13 bits per heavy atom. The molecule has 4 aromatic rings. The highest BCUT2D eigenvalue weighted by Gasteiger charge is 2.36. The van der Waals surface area contributed by atoms with Gasteiger partial charge in [0.2, 0.25) is 11.8 Å². The zero-order valence-electron chi connectivity index (χ0n) is 27.1. The van der Waals surface area contributed by atoms with Crippen molar-refractivity contribution in [2.24, 2.45) is 0 Å². The quantitative estimate of drug-likeness (QED) is 0.181. The fourth-order valence-electron chi connectivity index (χ4n) is 5.19. The smallest absolute Gasteiger partial charge is 0.264 e. The van der Waals surface area contributed by atoms with Gasteiger partial charge in [-0.2, -0.15) is 0 Å². The lowest BCUT2D eigenvalue weighted by Gasteiger charge is -2.35. The monoisotopic (exact) mass is 641 g/mol. The molecule has 46 heavy (non-hydrogen) atoms. The van der Waals surface area contributed by atoms with E-state index in [4.69, 9.17) is 4.74 Å². The molecule has 242 valence electrons. The van der Waals surface area contributed by atoms with Gasteiger partial charge in [-0.3, -0.25) is 13.9 Å². The van der Waals surface area contributed by atoms with E-state index in [1.165, 1.54) is 24.1 Å². The van der Waals surface area contributed by atoms with E-state index >= 15 is 0 Å². The van der Waals surface area contributed by atoms with Gasteiger partial charge >= 0.3 is 0 Å². The summed E-state index contributed by atoms with van der Waals surface area (Å²) in [6, 6.07) is 29.4. The molecule has 0 saturated carbocycles. The number of nitrogens with one attached hydrogen (secondary N) is 1. The molecule has 0 spiro atoms. The second kappa shape index (κ2) is 15.6. The number of hydrogen-bond acceptors (Lipinski definition) is 5. The van der Waals surface area contributed by atoms with Gasteiger partial charge in [0.1, 0.15) is 18.3 Å². The first kappa shape index (κ1) is 34.2. The standard InChI is InChI=1S/C37H43N3O5S/c1-6-29(4)38-37(42)34(24-30-16-9-7-10-17-30)39(25-31-18-14-13-15-28(31)3)36(41)26-40(33-23-27(2)21-22-35(33)45-5)46(43,44)32-19-11-8-12-20-32/h7-23,29,34H,6,24-26H2,1-5H3,(H,38,42)/t29-,34-/m1/s1. The summed E-state index contributed by atoms with van der Waals surface area (Å²) in [7, 11) is -2.77. The topological polar surface area (TPSA) is 96.0 Å². The zero-order valence-corrected chi connectivity index (χ0v) is 28.0. The maximum Gasteiger partial charge on any atom is 0.264 e. The number of methoxy groups -OCH3 is 1. The lowest BCUT2D eigenvalue weighted by Crippen LogP contribution is -2.54. The van der Waals surface area contributed by atoms with Gasteiger partial charge in [0, 0.05) is 19.0 Å². The third kappa shape index (κ3) is 8.34. The maximum absolute atomic E-state index is 14.7. The summed E-state index contributed by atoms with van der Waals surface area (Å²) in [5.41, 5.74) is 3.72. The summed E-state index contributed by atoms with van der Waals surface area (Å²) in [6.07, 6.45) is 0.964. The molecular formula is C37H43N3O5S. The minimum Gasteiger partial charge on any atom is -0.495 e. The van der Waals surface area contributed by atoms with Gasteiger partial charge < -0.3 is 15.0 Å². The van der Waals surface area contributed by atoms with E-state index in [0.717, 1.165) is 26.6 Å². The van der Waals surface area contributed by atoms with Crippen molar-refractivity contribution in [1.82, 2.24) is 10.2 Å². The molecule has 4 rings (SSSR count). The van der Waals surface area contributed by atoms with Crippen LogP contribution >= 0.6 is 0 Å². The highest BCUT2D eigenvalue weighted by atomic mass is 32.2. The number of benzene rings is 4. The van der Waals surface area contributed by atoms with Gasteiger partial charge in [-0.15, -0.1) is 0 Å². The van der Waals surface area contributed by atoms with Crippen LogP contribution in [0.5, 0.6) is 5.75 Å². The van der Waals surface area contributed by atoms with Crippen molar-refractivity contribution in [2.45, 2.75) is 64.1 Å². The van der Waals surface area contributed by atoms with E-state index in [9.17, 15) is 18.0 Å². The number of nitrogens with zero attached hydrogens (tertiary/aromatic N) is 2. The normalized spacial score (nSPS) is 12.5. The number of carbonyl (C=O) groups excluding carboxylic acids is 2. The van der Waals surface area contributed by atoms with E-state index in [1.807, 2.05) is 88.4 Å². The molecule has 0 fully saturated rings. The van der Waals surface area contributed by atoms with Crippen molar-refractivity contribution >= 4 is 27.5 Å². The Bertz CT molecular complexity index is 1730. The number of sulfonamides is 1. The molecule has 9 heteroatoms. The lowest BCUT2D eigenvalue weighted by atomic mass is 10.0. The Hall–Kier alpha value is -4.63. The molecule has 1 N–H and O–H groups in total. The zero-order chi connectivity index (χ0) is 33.3. The highest BCUT2D eigenvalue weighted by Crippen LogP contribution is 2.34. The summed E-state index contributed by atoms with van der Waals surface area (Å²) in [4.78, 5) is 30.2. The molecule has 4 aromatic carbocycles. The Kier molecular flexibility index (Phi) is 11.6. The fraction of sp³-hybridized carbons (Fsp3) is 0.297. The average molecular weight is 642 g/mol. The SMILES string of the molecule is CC[C@@H](C)NC(=O)[C@@H](Cc1ccccc1)N(Cc1ccccc1C)C(=O)CN(c1cc(C)ccc1OC)S(=O)(=O)c1ccccc1. The number of hydrogen-bond donors (Lipinski definition) is 1. The molecule has 0 heterocycles. The van der Waals surface area contributed by atoms with Gasteiger partial charge in [-0.05, 0) is 73.7 Å². The number of rotatable bonds is 14. The van der Waals surface area contributed by atoms with E-state index in [1.54, 1.807) is 30.3 Å². The van der Waals surface area contributed by atoms with E-state index in [-0.39, 0.29) is 35.5 Å². The molecule has 0 saturated heterocycles. The third-order valence-corrected chi connectivity index (χ3v) is 9.86. The molecule has 0 radical (unpaired) electrons. The highest BCUT2D eigenvalue weighted by molar-refractivity contribution is 7.92. The van der Waals surface area contributed by atoms with Crippen molar-refractivity contribution < 1.29 is 22.7 Å². The fourth-order valence-corrected chi connectivity index (χ4v) is 6.63. The molecule has 2 amide bonds. The van der Waals surface area contributed by atoms with Crippen LogP contribution in [0.2, 0.25) is 0 Å². The molecule has 0 aliphatic carbocycles. The number of carbonyl (C=O) groups is 2. The first-order valence-corrected chi connectivity index (χ1v) is 16.9. The van der Waals surface area contributed by atoms with Crippen molar-refractivity contribution in [1.29, 1.82) is 0 Å². The molecule has 0 aliphatic rings. The van der Waals surface area contributed by atoms with E-state index < -0.39 is 28.5 Å². The van der Waals surface area contributed by atoms with Crippen molar-refractivity contribution in [3.05, 3.63) is 125 Å². The number of ether oxygens (including phenoxy) is 1. The molecular weight excluding hydrogens is 598 g/mol. The molecule has 0 bridgehead atoms. The second-order valence-corrected chi connectivity index (χ2v) is 13.3. The van der Waals surface area contributed by atoms with Gasteiger partial charge in [-0.1, -0.05) is 85.8 Å². The number of anilines is 1. The number of aryl methyl sites for hydroxylation is 2. The van der Waals surface area contributed by atoms with Crippen LogP contribution in [-0.2, 0) is 32.6 Å². The van der Waals surface area contributed by atoms with Crippen LogP contribution in [0.25, 0.3) is 0 Å². The van der Waals surface area contributed by atoms with Crippen molar-refractivity contribution in [3.8, 4) is 5.75 Å². The van der Waals surface area contributed by atoms with Gasteiger partial charge in [-0.25, -0.2) is 8.42 Å². The summed E-state index contributed by atoms with van der Waals surface area (Å²) >= 11 is 0. The van der Waals surface area contributed by atoms with Crippen LogP contribution in [0.15, 0.2) is 108 Å². The van der Waals surface area contributed by atoms with Crippen LogP contribution in [0, 0.1) is 13.8 Å². The summed E-state index contributed by atoms with van der Waals surface area (Å²) in [5, 5.41) is 3.07. The van der Waals surface area contributed by atoms with Crippen LogP contribution in [0.1, 0.15) is 42.5 Å². The lowest BCUT2D eigenvalue weighted by molar-refractivity contribution is -0.140. The predicted molar refractivity (Wildman–Crippen MR) is 182 cm³/mol. The van der Waals surface area contributed by atoms with Gasteiger partial charge in [0.15, 0.2) is 0 Å². The molecule has 0 unspecified atom stereocenters. The molecule has 0 aliphatic heterocycles. The Morgan fingerprint density at radius 2 is 1.50 bits per heavy atom. The maximum atomic E-state index is 14.7. The van der Waals surface area contributed by atoms with Crippen LogP contribution in [-0.4, -0.2) is 50.9 Å². The number of amides is 2. The van der Waals surface area contributed by atoms with Crippen LogP contribution in [0.3, 0.4) is 0 Å². The minimum absolute atomic E-state index is 0.0344. The molecule has 2 atom stereocenters. The van der Waals surface area contributed by atoms with Crippen molar-refractivity contribution in [3.63, 3.8) is 0 Å². The van der Waals surface area contributed by atoms with Crippen LogP contribution < -0.4 is 14.4 Å². The van der Waals surface area contributed by atoms with Crippen LogP contribution in [0.4, 0.5) is 5.69 Å². The summed E-state index contributed by atoms with van der Waals surface area (Å²) in [6.45, 7) is 7.26. The predicted octanol–water partition coefficient (Wildman–Crippen LogP) is 6.06. The molecule has 0 aromatic heterocycles. The van der Waals surface area contributed by atoms with Crippen molar-refractivity contribution in [2.75, 3.05) is 18.0 Å². The van der Waals surface area contributed by atoms with Gasteiger partial charge in [0.25, 0.3) is 10.0 Å². The van der Waals surface area contributed by atoms with E-state index in [0.29, 0.717) is 12.2 Å². The second-order valence-electron chi connectivity index (χ2n) is 11.5. The first-order chi connectivity index (χ1) is 22.0. The largest absolute Gasteiger partial charge is 0.495 e. The average Bonchev–Trinajstić information content (AvgIpc) is 3.06. The third-order valence-electron chi connectivity index (χ3n) is 8.09. The van der Waals surface area contributed by atoms with Gasteiger partial charge in [0.05, 0.1) is 17.7 Å². The molecule has 8 nitrogen and oxygen atoms in total.